The smallest absolute Gasteiger partial charge is 0.374 e. The third-order valence-corrected chi connectivity index (χ3v) is 6.83. The summed E-state index contributed by atoms with van der Waals surface area (Å²) >= 11 is 1.81. The molecule has 6 nitrogen and oxygen atoms in total. The van der Waals surface area contributed by atoms with Crippen LogP contribution in [0.3, 0.4) is 0 Å². The molecule has 0 saturated heterocycles. The quantitative estimate of drug-likeness (QED) is 0.371. The van der Waals surface area contributed by atoms with Gasteiger partial charge in [-0.3, -0.25) is 0 Å². The largest absolute Gasteiger partial charge is 0.500 e. The first-order valence-corrected chi connectivity index (χ1v) is 11.2. The van der Waals surface area contributed by atoms with E-state index in [-0.39, 0.29) is 6.03 Å². The molecule has 0 aromatic carbocycles. The fourth-order valence-corrected chi connectivity index (χ4v) is 5.10. The van der Waals surface area contributed by atoms with Crippen LogP contribution in [-0.4, -0.2) is 59.3 Å². The van der Waals surface area contributed by atoms with Crippen LogP contribution in [-0.2, 0) is 13.3 Å². The van der Waals surface area contributed by atoms with Gasteiger partial charge in [0.15, 0.2) is 0 Å². The van der Waals surface area contributed by atoms with Gasteiger partial charge < -0.3 is 23.9 Å². The van der Waals surface area contributed by atoms with Crippen LogP contribution in [0, 0.1) is 0 Å². The Bertz CT molecular complexity index is 269. The topological polar surface area (TPSA) is 68.8 Å². The Hall–Kier alpha value is -0.283. The van der Waals surface area contributed by atoms with Crippen molar-refractivity contribution in [2.24, 2.45) is 0 Å². The van der Waals surface area contributed by atoms with Crippen molar-refractivity contribution < 1.29 is 18.1 Å². The van der Waals surface area contributed by atoms with Crippen molar-refractivity contribution in [1.82, 2.24) is 10.6 Å². The molecular weight excluding hydrogens is 320 g/mol. The number of carbonyl (C=O) groups excluding carboxylic acids is 1. The van der Waals surface area contributed by atoms with Crippen LogP contribution in [0.15, 0.2) is 0 Å². The molecule has 0 spiro atoms. The third kappa shape index (κ3) is 10.4. The van der Waals surface area contributed by atoms with Gasteiger partial charge in [-0.2, -0.15) is 11.8 Å². The summed E-state index contributed by atoms with van der Waals surface area (Å²) < 4.78 is 17.3. The number of urea groups is 1. The molecule has 132 valence electrons. The molecule has 0 atom stereocenters. The van der Waals surface area contributed by atoms with Crippen LogP contribution < -0.4 is 10.6 Å². The van der Waals surface area contributed by atoms with Crippen molar-refractivity contribution in [2.45, 2.75) is 40.2 Å². The Kier molecular flexibility index (Phi) is 14.1. The van der Waals surface area contributed by atoms with Crippen LogP contribution in [0.4, 0.5) is 4.79 Å². The van der Waals surface area contributed by atoms with Gasteiger partial charge in [-0.25, -0.2) is 4.79 Å². The monoisotopic (exact) mass is 352 g/mol. The molecule has 22 heavy (non-hydrogen) atoms. The predicted octanol–water partition coefficient (Wildman–Crippen LogP) is 2.48. The fraction of sp³-hybridized carbons (Fsp3) is 0.929. The number of amides is 2. The van der Waals surface area contributed by atoms with Crippen LogP contribution in [0.1, 0.15) is 34.1 Å². The lowest BCUT2D eigenvalue weighted by Crippen LogP contribution is -2.46. The van der Waals surface area contributed by atoms with Crippen LogP contribution in [0.2, 0.25) is 6.04 Å². The molecular formula is C14H32N2O4SSi. The van der Waals surface area contributed by atoms with Gasteiger partial charge in [0.1, 0.15) is 0 Å². The van der Waals surface area contributed by atoms with E-state index in [9.17, 15) is 4.79 Å². The first kappa shape index (κ1) is 21.7. The summed E-state index contributed by atoms with van der Waals surface area (Å²) in [6, 6.07) is 0.599. The van der Waals surface area contributed by atoms with Gasteiger partial charge in [0.2, 0.25) is 0 Å². The van der Waals surface area contributed by atoms with E-state index in [0.717, 1.165) is 17.9 Å². The first-order valence-electron chi connectivity index (χ1n) is 8.15. The minimum absolute atomic E-state index is 0.117. The zero-order chi connectivity index (χ0) is 16.7. The standard InChI is InChI=1S/C14H32N2O4SSi/c1-5-18-22(19-6-2,20-7-3)13-9-10-15-14(17)16-11-12-21-8-4/h5-13H2,1-4H3,(H2,15,16,17). The van der Waals surface area contributed by atoms with E-state index in [1.165, 1.54) is 0 Å². The molecule has 0 aromatic rings. The summed E-state index contributed by atoms with van der Waals surface area (Å²) in [6.45, 7) is 11.0. The fourth-order valence-electron chi connectivity index (χ4n) is 1.95. The minimum Gasteiger partial charge on any atom is -0.374 e. The molecule has 0 aromatic heterocycles. The minimum atomic E-state index is -2.58. The summed E-state index contributed by atoms with van der Waals surface area (Å²) in [6.07, 6.45) is 0.781. The Morgan fingerprint density at radius 1 is 0.955 bits per heavy atom. The zero-order valence-corrected chi connectivity index (χ0v) is 16.2. The van der Waals surface area contributed by atoms with Gasteiger partial charge in [0, 0.05) is 44.7 Å². The number of rotatable bonds is 14. The Labute approximate surface area is 140 Å². The summed E-state index contributed by atoms with van der Waals surface area (Å²) in [5.41, 5.74) is 0. The first-order chi connectivity index (χ1) is 10.6. The van der Waals surface area contributed by atoms with Crippen molar-refractivity contribution in [3.05, 3.63) is 0 Å². The molecule has 0 heterocycles. The van der Waals surface area contributed by atoms with E-state index in [2.05, 4.69) is 17.6 Å². The zero-order valence-electron chi connectivity index (χ0n) is 14.4. The molecule has 0 unspecified atom stereocenters. The van der Waals surface area contributed by atoms with Gasteiger partial charge >= 0.3 is 14.8 Å². The molecule has 0 aliphatic heterocycles. The summed E-state index contributed by atoms with van der Waals surface area (Å²) in [5, 5.41) is 5.69. The molecule has 2 amide bonds. The summed E-state index contributed by atoms with van der Waals surface area (Å²) in [4.78, 5) is 11.6. The van der Waals surface area contributed by atoms with Crippen molar-refractivity contribution in [3.63, 3.8) is 0 Å². The van der Waals surface area contributed by atoms with Gasteiger partial charge in [-0.1, -0.05) is 6.92 Å². The Morgan fingerprint density at radius 2 is 1.50 bits per heavy atom. The second-order valence-corrected chi connectivity index (χ2v) is 8.59. The number of hydrogen-bond donors (Lipinski definition) is 2. The number of hydrogen-bond acceptors (Lipinski definition) is 5. The van der Waals surface area contributed by atoms with Crippen molar-refractivity contribution in [3.8, 4) is 0 Å². The highest BCUT2D eigenvalue weighted by Gasteiger charge is 2.39. The summed E-state index contributed by atoms with van der Waals surface area (Å²) in [5.74, 6) is 2.02. The van der Waals surface area contributed by atoms with E-state index in [4.69, 9.17) is 13.3 Å². The maximum atomic E-state index is 11.6. The highest BCUT2D eigenvalue weighted by Crippen LogP contribution is 2.17. The molecule has 0 aliphatic carbocycles. The van der Waals surface area contributed by atoms with Crippen LogP contribution >= 0.6 is 11.8 Å². The maximum absolute atomic E-state index is 11.6. The van der Waals surface area contributed by atoms with Gasteiger partial charge in [-0.05, 0) is 32.9 Å². The number of thioether (sulfide) groups is 1. The highest BCUT2D eigenvalue weighted by molar-refractivity contribution is 7.99. The molecule has 0 saturated carbocycles. The van der Waals surface area contributed by atoms with E-state index in [1.807, 2.05) is 32.5 Å². The Morgan fingerprint density at radius 3 is 2.00 bits per heavy atom. The highest BCUT2D eigenvalue weighted by atomic mass is 32.2. The average molecular weight is 353 g/mol. The van der Waals surface area contributed by atoms with Crippen molar-refractivity contribution in [2.75, 3.05) is 44.4 Å². The van der Waals surface area contributed by atoms with Gasteiger partial charge in [0.25, 0.3) is 0 Å². The lowest BCUT2D eigenvalue weighted by atomic mass is 10.5. The second-order valence-electron chi connectivity index (χ2n) is 4.47. The molecule has 0 rings (SSSR count). The SMILES string of the molecule is CCO[Si](CCCNC(=O)NCCSCC)(OCC)OCC. The van der Waals surface area contributed by atoms with Crippen molar-refractivity contribution >= 4 is 26.6 Å². The van der Waals surface area contributed by atoms with Crippen LogP contribution in [0.5, 0.6) is 0 Å². The lowest BCUT2D eigenvalue weighted by molar-refractivity contribution is 0.0708. The predicted molar refractivity (Wildman–Crippen MR) is 94.5 cm³/mol. The molecule has 0 bridgehead atoms. The van der Waals surface area contributed by atoms with E-state index in [1.54, 1.807) is 0 Å². The van der Waals surface area contributed by atoms with E-state index < -0.39 is 8.80 Å². The Balaban J connectivity index is 3.98. The van der Waals surface area contributed by atoms with Crippen LogP contribution in [0.25, 0.3) is 0 Å². The normalized spacial score (nSPS) is 11.5. The molecule has 0 radical (unpaired) electrons. The molecule has 0 aliphatic rings. The van der Waals surface area contributed by atoms with Gasteiger partial charge in [-0.15, -0.1) is 0 Å². The maximum Gasteiger partial charge on any atom is 0.500 e. The van der Waals surface area contributed by atoms with Gasteiger partial charge in [0.05, 0.1) is 0 Å². The van der Waals surface area contributed by atoms with E-state index >= 15 is 0 Å². The molecule has 2 N–H and O–H groups in total. The molecule has 8 heteroatoms. The number of carbonyl (C=O) groups is 1. The third-order valence-electron chi connectivity index (χ3n) is 2.77. The number of nitrogens with one attached hydrogen (secondary N) is 2. The lowest BCUT2D eigenvalue weighted by Gasteiger charge is -2.28. The van der Waals surface area contributed by atoms with Crippen molar-refractivity contribution in [1.29, 1.82) is 0 Å². The molecule has 0 fully saturated rings. The summed E-state index contributed by atoms with van der Waals surface area (Å²) in [7, 11) is -2.58. The second kappa shape index (κ2) is 14.3. The van der Waals surface area contributed by atoms with E-state index in [0.29, 0.717) is 39.0 Å². The average Bonchev–Trinajstić information content (AvgIpc) is 2.49.